The molecule has 0 bridgehead atoms. The molecule has 3 aromatic rings. The number of amides is 1. The van der Waals surface area contributed by atoms with Crippen molar-refractivity contribution in [1.29, 1.82) is 0 Å². The van der Waals surface area contributed by atoms with Crippen LogP contribution in [0.4, 0.5) is 34.9 Å². The van der Waals surface area contributed by atoms with Crippen molar-refractivity contribution in [3.63, 3.8) is 0 Å². The van der Waals surface area contributed by atoms with Gasteiger partial charge < -0.3 is 25.2 Å². The molecule has 1 amide bonds. The van der Waals surface area contributed by atoms with Gasteiger partial charge in [-0.05, 0) is 38.2 Å². The molecule has 11 nitrogen and oxygen atoms in total. The Kier molecular flexibility index (Phi) is 5.84. The highest BCUT2D eigenvalue weighted by Gasteiger charge is 2.24. The number of ether oxygens (including phenoxy) is 1. The van der Waals surface area contributed by atoms with E-state index in [9.17, 15) is 4.79 Å². The topological polar surface area (TPSA) is 112 Å². The molecule has 2 aliphatic rings. The minimum atomic E-state index is -0.144. The summed E-state index contributed by atoms with van der Waals surface area (Å²) >= 11 is 0. The third-order valence-corrected chi connectivity index (χ3v) is 5.93. The molecule has 0 unspecified atom stereocenters. The van der Waals surface area contributed by atoms with Crippen molar-refractivity contribution in [3.05, 3.63) is 42.2 Å². The lowest BCUT2D eigenvalue weighted by Gasteiger charge is -2.33. The van der Waals surface area contributed by atoms with Crippen LogP contribution in [0.25, 0.3) is 0 Å². The third kappa shape index (κ3) is 4.55. The van der Waals surface area contributed by atoms with Crippen molar-refractivity contribution in [3.8, 4) is 5.75 Å². The van der Waals surface area contributed by atoms with Crippen LogP contribution in [0.2, 0.25) is 0 Å². The van der Waals surface area contributed by atoms with Crippen LogP contribution >= 0.6 is 0 Å². The minimum absolute atomic E-state index is 0.0171. The van der Waals surface area contributed by atoms with Crippen LogP contribution in [0.5, 0.6) is 5.75 Å². The second-order valence-electron chi connectivity index (χ2n) is 8.43. The number of piperazine rings is 1. The van der Waals surface area contributed by atoms with Crippen molar-refractivity contribution < 1.29 is 9.53 Å². The molecule has 5 rings (SSSR count). The molecular weight excluding hydrogens is 434 g/mol. The maximum Gasteiger partial charge on any atom is 0.265 e. The summed E-state index contributed by atoms with van der Waals surface area (Å²) in [5, 5.41) is 6.43. The summed E-state index contributed by atoms with van der Waals surface area (Å²) < 4.78 is 5.44. The average Bonchev–Trinajstić information content (AvgIpc) is 2.85. The van der Waals surface area contributed by atoms with E-state index in [0.717, 1.165) is 43.2 Å². The Labute approximate surface area is 197 Å². The SMILES string of the molecule is Cc1cnc(Nc2ccc(N3CCN(C)CC3)nc2)nc1Nc1ccc2c(n1)N(C)C(=O)CO2. The Morgan fingerprint density at radius 2 is 1.76 bits per heavy atom. The van der Waals surface area contributed by atoms with E-state index in [1.54, 1.807) is 31.6 Å². The maximum atomic E-state index is 11.9. The Morgan fingerprint density at radius 1 is 0.941 bits per heavy atom. The van der Waals surface area contributed by atoms with Crippen molar-refractivity contribution >= 4 is 40.8 Å². The molecule has 176 valence electrons. The number of pyridine rings is 2. The second kappa shape index (κ2) is 9.10. The first-order valence-electron chi connectivity index (χ1n) is 11.1. The molecule has 2 aliphatic heterocycles. The molecule has 0 aliphatic carbocycles. The normalized spacial score (nSPS) is 16.1. The molecular formula is C23H27N9O2. The zero-order chi connectivity index (χ0) is 23.7. The number of likely N-dealkylation sites (N-methyl/N-ethyl adjacent to an activating group) is 2. The predicted octanol–water partition coefficient (Wildman–Crippen LogP) is 2.17. The molecule has 3 aromatic heterocycles. The van der Waals surface area contributed by atoms with E-state index in [0.29, 0.717) is 29.2 Å². The summed E-state index contributed by atoms with van der Waals surface area (Å²) in [6.45, 7) is 5.94. The van der Waals surface area contributed by atoms with Gasteiger partial charge in [-0.3, -0.25) is 9.69 Å². The number of carbonyl (C=O) groups excluding carboxylic acids is 1. The number of nitrogens with zero attached hydrogens (tertiary/aromatic N) is 7. The first-order valence-corrected chi connectivity index (χ1v) is 11.1. The molecule has 0 spiro atoms. The number of hydrogen-bond acceptors (Lipinski definition) is 10. The lowest BCUT2D eigenvalue weighted by atomic mass is 10.3. The molecule has 34 heavy (non-hydrogen) atoms. The number of hydrogen-bond donors (Lipinski definition) is 2. The number of fused-ring (bicyclic) bond motifs is 1. The summed E-state index contributed by atoms with van der Waals surface area (Å²) in [7, 11) is 3.82. The Balaban J connectivity index is 1.29. The zero-order valence-corrected chi connectivity index (χ0v) is 19.4. The number of rotatable bonds is 5. The smallest absolute Gasteiger partial charge is 0.265 e. The van der Waals surface area contributed by atoms with Gasteiger partial charge in [0.15, 0.2) is 18.2 Å². The van der Waals surface area contributed by atoms with E-state index in [1.165, 1.54) is 4.90 Å². The summed E-state index contributed by atoms with van der Waals surface area (Å²) in [6.07, 6.45) is 3.53. The van der Waals surface area contributed by atoms with E-state index in [4.69, 9.17) is 4.74 Å². The predicted molar refractivity (Wildman–Crippen MR) is 130 cm³/mol. The lowest BCUT2D eigenvalue weighted by molar-refractivity contribution is -0.121. The van der Waals surface area contributed by atoms with E-state index in [1.807, 2.05) is 19.1 Å². The molecule has 0 aromatic carbocycles. The van der Waals surface area contributed by atoms with Gasteiger partial charge in [-0.25, -0.2) is 15.0 Å². The van der Waals surface area contributed by atoms with Crippen molar-refractivity contribution in [2.24, 2.45) is 0 Å². The standard InChI is InChI=1S/C23H27N9O2/c1-15-12-25-23(26-16-4-7-19(24-13-16)32-10-8-30(2)9-11-32)29-21(15)27-18-6-5-17-22(28-18)31(3)20(33)14-34-17/h4-7,12-13H,8-11,14H2,1-3H3,(H2,25,26,27,28,29). The molecule has 0 radical (unpaired) electrons. The number of anilines is 6. The van der Waals surface area contributed by atoms with Gasteiger partial charge in [0.25, 0.3) is 5.91 Å². The summed E-state index contributed by atoms with van der Waals surface area (Å²) in [4.78, 5) is 36.1. The fraction of sp³-hybridized carbons (Fsp3) is 0.348. The molecule has 0 atom stereocenters. The van der Waals surface area contributed by atoms with Crippen molar-refractivity contribution in [2.75, 3.05) is 67.3 Å². The lowest BCUT2D eigenvalue weighted by Crippen LogP contribution is -2.44. The maximum absolute atomic E-state index is 11.9. The quantitative estimate of drug-likeness (QED) is 0.586. The van der Waals surface area contributed by atoms with Gasteiger partial charge in [0.2, 0.25) is 5.95 Å². The first-order chi connectivity index (χ1) is 16.5. The van der Waals surface area contributed by atoms with E-state index in [2.05, 4.69) is 47.4 Å². The summed E-state index contributed by atoms with van der Waals surface area (Å²) in [5.41, 5.74) is 1.66. The highest BCUT2D eigenvalue weighted by atomic mass is 16.5. The van der Waals surface area contributed by atoms with E-state index in [-0.39, 0.29) is 12.5 Å². The molecule has 0 saturated carbocycles. The third-order valence-electron chi connectivity index (χ3n) is 5.93. The van der Waals surface area contributed by atoms with Gasteiger partial charge >= 0.3 is 0 Å². The van der Waals surface area contributed by atoms with Gasteiger partial charge in [-0.2, -0.15) is 4.98 Å². The van der Waals surface area contributed by atoms with Crippen molar-refractivity contribution in [2.45, 2.75) is 6.92 Å². The molecule has 5 heterocycles. The fourth-order valence-electron chi connectivity index (χ4n) is 3.77. The Bertz CT molecular complexity index is 1190. The van der Waals surface area contributed by atoms with Gasteiger partial charge in [-0.15, -0.1) is 0 Å². The minimum Gasteiger partial charge on any atom is -0.480 e. The van der Waals surface area contributed by atoms with Crippen LogP contribution in [0.3, 0.4) is 0 Å². The largest absolute Gasteiger partial charge is 0.480 e. The Hall–Kier alpha value is -3.99. The van der Waals surface area contributed by atoms with Crippen LogP contribution in [0.1, 0.15) is 5.56 Å². The number of carbonyl (C=O) groups is 1. The van der Waals surface area contributed by atoms with Gasteiger partial charge in [0, 0.05) is 45.0 Å². The highest BCUT2D eigenvalue weighted by Crippen LogP contribution is 2.31. The number of aryl methyl sites for hydroxylation is 1. The van der Waals surface area contributed by atoms with E-state index < -0.39 is 0 Å². The monoisotopic (exact) mass is 461 g/mol. The molecule has 2 N–H and O–H groups in total. The van der Waals surface area contributed by atoms with Crippen LogP contribution in [0, 0.1) is 6.92 Å². The average molecular weight is 462 g/mol. The Morgan fingerprint density at radius 3 is 2.53 bits per heavy atom. The highest BCUT2D eigenvalue weighted by molar-refractivity contribution is 5.96. The van der Waals surface area contributed by atoms with Crippen LogP contribution in [-0.4, -0.2) is 77.6 Å². The van der Waals surface area contributed by atoms with Crippen molar-refractivity contribution in [1.82, 2.24) is 24.8 Å². The van der Waals surface area contributed by atoms with Gasteiger partial charge in [-0.1, -0.05) is 0 Å². The molecule has 11 heteroatoms. The van der Waals surface area contributed by atoms with E-state index >= 15 is 0 Å². The fourth-order valence-corrected chi connectivity index (χ4v) is 3.77. The van der Waals surface area contributed by atoms with Gasteiger partial charge in [0.05, 0.1) is 11.9 Å². The number of nitrogens with one attached hydrogen (secondary N) is 2. The van der Waals surface area contributed by atoms with Gasteiger partial charge in [0.1, 0.15) is 17.5 Å². The second-order valence-corrected chi connectivity index (χ2v) is 8.43. The first kappa shape index (κ1) is 21.8. The summed E-state index contributed by atoms with van der Waals surface area (Å²) in [5.74, 6) is 3.47. The summed E-state index contributed by atoms with van der Waals surface area (Å²) in [6, 6.07) is 7.57. The molecule has 1 fully saturated rings. The van der Waals surface area contributed by atoms with Crippen LogP contribution in [0.15, 0.2) is 36.7 Å². The zero-order valence-electron chi connectivity index (χ0n) is 19.4. The number of aromatic nitrogens is 4. The molecule has 1 saturated heterocycles. The van der Waals surface area contributed by atoms with Crippen LogP contribution in [-0.2, 0) is 4.79 Å². The van der Waals surface area contributed by atoms with Crippen LogP contribution < -0.4 is 25.2 Å².